The Bertz CT molecular complexity index is 1070. The van der Waals surface area contributed by atoms with Gasteiger partial charge < -0.3 is 26.8 Å². The minimum absolute atomic E-state index is 0.0480. The van der Waals surface area contributed by atoms with Crippen LogP contribution < -0.4 is 26.8 Å². The van der Waals surface area contributed by atoms with Gasteiger partial charge in [0.05, 0.1) is 7.11 Å². The molecule has 1 aliphatic rings. The first-order valence-corrected chi connectivity index (χ1v) is 10.6. The summed E-state index contributed by atoms with van der Waals surface area (Å²) in [5, 5.41) is 6.72. The number of methoxy groups -OCH3 is 1. The van der Waals surface area contributed by atoms with Gasteiger partial charge >= 0.3 is 0 Å². The Morgan fingerprint density at radius 3 is 2.81 bits per heavy atom. The van der Waals surface area contributed by atoms with E-state index in [0.717, 1.165) is 49.1 Å². The molecule has 0 saturated heterocycles. The zero-order valence-electron chi connectivity index (χ0n) is 17.9. The number of rotatable bonds is 7. The number of carbonyl (C=O) groups excluding carboxylic acids is 1. The molecular weight excluding hydrogens is 394 g/mol. The monoisotopic (exact) mass is 423 g/mol. The van der Waals surface area contributed by atoms with Crippen LogP contribution in [0, 0.1) is 0 Å². The average molecular weight is 424 g/mol. The fourth-order valence-electron chi connectivity index (χ4n) is 4.10. The van der Waals surface area contributed by atoms with Crippen LogP contribution in [0.1, 0.15) is 48.5 Å². The molecule has 0 radical (unpaired) electrons. The first kappa shape index (κ1) is 20.9. The van der Waals surface area contributed by atoms with E-state index in [1.807, 2.05) is 18.2 Å². The summed E-state index contributed by atoms with van der Waals surface area (Å²) in [6.07, 6.45) is 8.42. The highest BCUT2D eigenvalue weighted by atomic mass is 16.5. The van der Waals surface area contributed by atoms with Crippen LogP contribution in [0.5, 0.6) is 5.75 Å². The first-order valence-electron chi connectivity index (χ1n) is 10.6. The molecule has 2 atom stereocenters. The van der Waals surface area contributed by atoms with Crippen molar-refractivity contribution in [2.45, 2.75) is 51.1 Å². The van der Waals surface area contributed by atoms with Gasteiger partial charge in [-0.15, -0.1) is 0 Å². The van der Waals surface area contributed by atoms with Crippen molar-refractivity contribution in [2.24, 2.45) is 11.5 Å². The standard InChI is InChI=1S/C22H29N7O2/c1-3-13-10-14(12-15(11-13)31-2)26-20-18(19(24)30)21-25-8-9-29(21)22(28-20)27-17-7-5-4-6-16(17)23/h8-12,16-17,26H,3-7,23H2,1-2H3,(H2,24,30)(H,27,28)/t16-,17+/m1/s1. The lowest BCUT2D eigenvalue weighted by atomic mass is 9.91. The number of aromatic nitrogens is 3. The maximum atomic E-state index is 12.3. The molecule has 1 aliphatic carbocycles. The molecule has 9 nitrogen and oxygen atoms in total. The second-order valence-corrected chi connectivity index (χ2v) is 7.89. The molecular formula is C22H29N7O2. The molecule has 0 bridgehead atoms. The third kappa shape index (κ3) is 4.27. The summed E-state index contributed by atoms with van der Waals surface area (Å²) in [5.41, 5.74) is 14.6. The third-order valence-electron chi connectivity index (χ3n) is 5.80. The van der Waals surface area contributed by atoms with E-state index in [4.69, 9.17) is 21.2 Å². The van der Waals surface area contributed by atoms with E-state index in [2.05, 4.69) is 22.5 Å². The zero-order valence-corrected chi connectivity index (χ0v) is 17.9. The maximum absolute atomic E-state index is 12.3. The van der Waals surface area contributed by atoms with Gasteiger partial charge in [-0.25, -0.2) is 4.98 Å². The second kappa shape index (κ2) is 8.81. The van der Waals surface area contributed by atoms with Crippen molar-refractivity contribution in [3.8, 4) is 5.75 Å². The van der Waals surface area contributed by atoms with E-state index in [9.17, 15) is 4.79 Å². The highest BCUT2D eigenvalue weighted by molar-refractivity contribution is 6.04. The maximum Gasteiger partial charge on any atom is 0.256 e. The Morgan fingerprint density at radius 2 is 2.10 bits per heavy atom. The summed E-state index contributed by atoms with van der Waals surface area (Å²) in [4.78, 5) is 21.4. The largest absolute Gasteiger partial charge is 0.497 e. The van der Waals surface area contributed by atoms with Crippen molar-refractivity contribution in [3.63, 3.8) is 0 Å². The molecule has 1 amide bonds. The van der Waals surface area contributed by atoms with Crippen LogP contribution in [0.3, 0.4) is 0 Å². The van der Waals surface area contributed by atoms with Gasteiger partial charge in [0.25, 0.3) is 5.91 Å². The number of hydrogen-bond acceptors (Lipinski definition) is 7. The van der Waals surface area contributed by atoms with Gasteiger partial charge in [0.1, 0.15) is 11.3 Å². The van der Waals surface area contributed by atoms with Gasteiger partial charge in [0.2, 0.25) is 5.95 Å². The number of nitrogens with one attached hydrogen (secondary N) is 2. The molecule has 164 valence electrons. The summed E-state index contributed by atoms with van der Waals surface area (Å²) >= 11 is 0. The van der Waals surface area contributed by atoms with E-state index < -0.39 is 5.91 Å². The predicted molar refractivity (Wildman–Crippen MR) is 121 cm³/mol. The van der Waals surface area contributed by atoms with Crippen molar-refractivity contribution < 1.29 is 9.53 Å². The Morgan fingerprint density at radius 1 is 1.29 bits per heavy atom. The summed E-state index contributed by atoms with van der Waals surface area (Å²) in [5.74, 6) is 1.02. The lowest BCUT2D eigenvalue weighted by Crippen LogP contribution is -2.43. The third-order valence-corrected chi connectivity index (χ3v) is 5.80. The average Bonchev–Trinajstić information content (AvgIpc) is 3.24. The number of benzene rings is 1. The van der Waals surface area contributed by atoms with Gasteiger partial charge in [-0.2, -0.15) is 4.98 Å². The number of anilines is 3. The summed E-state index contributed by atoms with van der Waals surface area (Å²) in [6, 6.07) is 5.97. The number of nitrogens with two attached hydrogens (primary N) is 2. The molecule has 1 aromatic carbocycles. The van der Waals surface area contributed by atoms with Crippen LogP contribution in [-0.4, -0.2) is 39.5 Å². The fraction of sp³-hybridized carbons (Fsp3) is 0.409. The van der Waals surface area contributed by atoms with Gasteiger partial charge in [0, 0.05) is 36.2 Å². The summed E-state index contributed by atoms with van der Waals surface area (Å²) in [6.45, 7) is 2.07. The van der Waals surface area contributed by atoms with E-state index in [1.165, 1.54) is 0 Å². The number of ether oxygens (including phenoxy) is 1. The van der Waals surface area contributed by atoms with Gasteiger partial charge in [-0.3, -0.25) is 9.20 Å². The smallest absolute Gasteiger partial charge is 0.256 e. The number of hydrogen-bond donors (Lipinski definition) is 4. The quantitative estimate of drug-likeness (QED) is 0.459. The molecule has 1 saturated carbocycles. The van der Waals surface area contributed by atoms with Crippen LogP contribution in [-0.2, 0) is 6.42 Å². The Balaban J connectivity index is 1.78. The Labute approximate surface area is 181 Å². The molecule has 0 aliphatic heterocycles. The van der Waals surface area contributed by atoms with Crippen LogP contribution >= 0.6 is 0 Å². The highest BCUT2D eigenvalue weighted by Crippen LogP contribution is 2.29. The van der Waals surface area contributed by atoms with Gasteiger partial charge in [-0.05, 0) is 37.0 Å². The van der Waals surface area contributed by atoms with E-state index in [1.54, 1.807) is 23.9 Å². The number of primary amides is 1. The first-order chi connectivity index (χ1) is 15.0. The predicted octanol–water partition coefficient (Wildman–Crippen LogP) is 2.82. The summed E-state index contributed by atoms with van der Waals surface area (Å²) in [7, 11) is 1.62. The van der Waals surface area contributed by atoms with Gasteiger partial charge in [-0.1, -0.05) is 19.8 Å². The molecule has 31 heavy (non-hydrogen) atoms. The van der Waals surface area contributed by atoms with Crippen LogP contribution in [0.4, 0.5) is 17.5 Å². The lowest BCUT2D eigenvalue weighted by Gasteiger charge is -2.30. The number of nitrogens with zero attached hydrogens (tertiary/aromatic N) is 3. The van der Waals surface area contributed by atoms with Crippen molar-refractivity contribution >= 4 is 29.0 Å². The topological polar surface area (TPSA) is 133 Å². The molecule has 9 heteroatoms. The molecule has 0 spiro atoms. The van der Waals surface area contributed by atoms with Crippen molar-refractivity contribution in [2.75, 3.05) is 17.7 Å². The number of amides is 1. The second-order valence-electron chi connectivity index (χ2n) is 7.89. The van der Waals surface area contributed by atoms with E-state index >= 15 is 0 Å². The normalized spacial score (nSPS) is 18.7. The van der Waals surface area contributed by atoms with E-state index in [-0.39, 0.29) is 17.6 Å². The SMILES string of the molecule is CCc1cc(Nc2nc(N[C@H]3CCCC[C@H]3N)n3ccnc3c2C(N)=O)cc(OC)c1. The molecule has 1 fully saturated rings. The molecule has 0 unspecified atom stereocenters. The summed E-state index contributed by atoms with van der Waals surface area (Å²) < 4.78 is 7.16. The minimum Gasteiger partial charge on any atom is -0.497 e. The Kier molecular flexibility index (Phi) is 5.94. The molecule has 4 rings (SSSR count). The van der Waals surface area contributed by atoms with Crippen LogP contribution in [0.15, 0.2) is 30.6 Å². The number of imidazole rings is 1. The lowest BCUT2D eigenvalue weighted by molar-refractivity contribution is 0.100. The van der Waals surface area contributed by atoms with Gasteiger partial charge in [0.15, 0.2) is 11.5 Å². The van der Waals surface area contributed by atoms with E-state index in [0.29, 0.717) is 17.4 Å². The molecule has 3 aromatic rings. The van der Waals surface area contributed by atoms with Crippen molar-refractivity contribution in [1.29, 1.82) is 0 Å². The minimum atomic E-state index is -0.606. The van der Waals surface area contributed by atoms with Crippen LogP contribution in [0.25, 0.3) is 5.65 Å². The molecule has 2 aromatic heterocycles. The van der Waals surface area contributed by atoms with Crippen molar-refractivity contribution in [1.82, 2.24) is 14.4 Å². The number of carbonyl (C=O) groups is 1. The zero-order chi connectivity index (χ0) is 22.0. The van der Waals surface area contributed by atoms with Crippen LogP contribution in [0.2, 0.25) is 0 Å². The molecule has 6 N–H and O–H groups in total. The number of aryl methyl sites for hydroxylation is 1. The van der Waals surface area contributed by atoms with Crippen molar-refractivity contribution in [3.05, 3.63) is 41.7 Å². The highest BCUT2D eigenvalue weighted by Gasteiger charge is 2.25. The molecule has 2 heterocycles. The Hall–Kier alpha value is -3.33. The number of fused-ring (bicyclic) bond motifs is 1. The fourth-order valence-corrected chi connectivity index (χ4v) is 4.10.